The van der Waals surface area contributed by atoms with E-state index < -0.39 is 0 Å². The number of fused-ring (bicyclic) bond motifs is 1. The van der Waals surface area contributed by atoms with Crippen molar-refractivity contribution < 1.29 is 9.84 Å². The maximum absolute atomic E-state index is 10.9. The highest BCUT2D eigenvalue weighted by Gasteiger charge is 2.57. The van der Waals surface area contributed by atoms with Crippen LogP contribution in [0.5, 0.6) is 0 Å². The third-order valence-electron chi connectivity index (χ3n) is 5.60. The molecule has 0 bridgehead atoms. The summed E-state index contributed by atoms with van der Waals surface area (Å²) < 4.78 is 5.92. The summed E-state index contributed by atoms with van der Waals surface area (Å²) in [4.78, 5) is 0. The zero-order valence-electron chi connectivity index (χ0n) is 15.1. The number of aliphatic hydroxyl groups excluding tert-OH is 1. The van der Waals surface area contributed by atoms with Crippen molar-refractivity contribution in [2.24, 2.45) is 11.8 Å². The van der Waals surface area contributed by atoms with Crippen LogP contribution in [-0.2, 0) is 4.74 Å². The minimum Gasteiger partial charge on any atom is -0.390 e. The first-order chi connectivity index (χ1) is 10.3. The molecule has 0 spiro atoms. The van der Waals surface area contributed by atoms with Gasteiger partial charge < -0.3 is 9.84 Å². The molecule has 0 aromatic heterocycles. The summed E-state index contributed by atoms with van der Waals surface area (Å²) in [5, 5.41) is 10.9. The van der Waals surface area contributed by atoms with Crippen molar-refractivity contribution in [1.82, 2.24) is 0 Å². The topological polar surface area (TPSA) is 32.8 Å². The van der Waals surface area contributed by atoms with Crippen LogP contribution in [0.3, 0.4) is 0 Å². The molecule has 1 heterocycles. The third-order valence-corrected chi connectivity index (χ3v) is 5.60. The van der Waals surface area contributed by atoms with Crippen LogP contribution in [0.25, 0.3) is 0 Å². The standard InChI is InChI=1S/C20H34O2/c1-14(2)8-6-10-16(4)17-12-11-15(3)9-7-13-20(5)19(22-20)18(17)21/h8-9,16-19,21H,6-7,10-13H2,1-5H3/b15-9-/t16-,17+,18+,19+,20-/m1/s1. The molecule has 2 heteroatoms. The smallest absolute Gasteiger partial charge is 0.113 e. The van der Waals surface area contributed by atoms with Crippen molar-refractivity contribution in [3.63, 3.8) is 0 Å². The monoisotopic (exact) mass is 306 g/mol. The quantitative estimate of drug-likeness (QED) is 0.584. The number of hydrogen-bond donors (Lipinski definition) is 1. The molecule has 1 fully saturated rings. The lowest BCUT2D eigenvalue weighted by molar-refractivity contribution is 0.0446. The SMILES string of the molecule is CC(C)=CCC[C@@H](C)[C@@H]1CC/C(C)=C\CC[C@@]2(C)O[C@H]2[C@H]1O. The molecule has 1 aliphatic carbocycles. The van der Waals surface area contributed by atoms with Gasteiger partial charge in [0.25, 0.3) is 0 Å². The number of rotatable bonds is 4. The summed E-state index contributed by atoms with van der Waals surface area (Å²) in [7, 11) is 0. The molecule has 0 amide bonds. The van der Waals surface area contributed by atoms with Crippen molar-refractivity contribution in [3.05, 3.63) is 23.3 Å². The second kappa shape index (κ2) is 7.31. The van der Waals surface area contributed by atoms with E-state index in [0.717, 1.165) is 38.5 Å². The second-order valence-electron chi connectivity index (χ2n) is 7.97. The highest BCUT2D eigenvalue weighted by Crippen LogP contribution is 2.46. The molecule has 0 radical (unpaired) electrons. The van der Waals surface area contributed by atoms with Crippen LogP contribution in [0.1, 0.15) is 73.1 Å². The highest BCUT2D eigenvalue weighted by molar-refractivity contribution is 5.09. The lowest BCUT2D eigenvalue weighted by atomic mass is 9.78. The molecule has 0 aromatic carbocycles. The zero-order valence-corrected chi connectivity index (χ0v) is 15.1. The predicted octanol–water partition coefficient (Wildman–Crippen LogP) is 5.02. The Balaban J connectivity index is 2.04. The van der Waals surface area contributed by atoms with E-state index in [2.05, 4.69) is 46.8 Å². The lowest BCUT2D eigenvalue weighted by Gasteiger charge is -2.29. The first-order valence-corrected chi connectivity index (χ1v) is 8.98. The van der Waals surface area contributed by atoms with Crippen molar-refractivity contribution in [2.45, 2.75) is 91.0 Å². The number of hydrogen-bond acceptors (Lipinski definition) is 2. The minimum atomic E-state index is -0.308. The molecule has 2 nitrogen and oxygen atoms in total. The summed E-state index contributed by atoms with van der Waals surface area (Å²) in [6.07, 6.45) is 11.0. The summed E-state index contributed by atoms with van der Waals surface area (Å²) in [6.45, 7) is 11.0. The molecular weight excluding hydrogens is 272 g/mol. The minimum absolute atomic E-state index is 0.0511. The Hall–Kier alpha value is -0.600. The van der Waals surface area contributed by atoms with Crippen LogP contribution >= 0.6 is 0 Å². The van der Waals surface area contributed by atoms with Gasteiger partial charge in [0.05, 0.1) is 11.7 Å². The molecule has 2 aliphatic rings. The van der Waals surface area contributed by atoms with Gasteiger partial charge in [-0.25, -0.2) is 0 Å². The van der Waals surface area contributed by atoms with E-state index >= 15 is 0 Å². The fourth-order valence-electron chi connectivity index (χ4n) is 3.86. The fourth-order valence-corrected chi connectivity index (χ4v) is 3.86. The Kier molecular flexibility index (Phi) is 5.90. The van der Waals surface area contributed by atoms with Gasteiger partial charge in [0.2, 0.25) is 0 Å². The number of allylic oxidation sites excluding steroid dienone is 4. The third kappa shape index (κ3) is 4.45. The summed E-state index contributed by atoms with van der Waals surface area (Å²) in [6, 6.07) is 0. The van der Waals surface area contributed by atoms with Crippen LogP contribution in [-0.4, -0.2) is 22.9 Å². The largest absolute Gasteiger partial charge is 0.390 e. The zero-order chi connectivity index (χ0) is 16.3. The first kappa shape index (κ1) is 17.7. The normalized spacial score (nSPS) is 39.2. The van der Waals surface area contributed by atoms with Crippen molar-refractivity contribution in [2.75, 3.05) is 0 Å². The van der Waals surface area contributed by atoms with Crippen LogP contribution < -0.4 is 0 Å². The molecule has 2 rings (SSSR count). The Labute approximate surface area is 136 Å². The molecule has 1 N–H and O–H groups in total. The molecule has 5 atom stereocenters. The first-order valence-electron chi connectivity index (χ1n) is 8.98. The summed E-state index contributed by atoms with van der Waals surface area (Å²) in [5.41, 5.74) is 2.76. The molecule has 22 heavy (non-hydrogen) atoms. The van der Waals surface area contributed by atoms with Gasteiger partial charge in [0.15, 0.2) is 0 Å². The van der Waals surface area contributed by atoms with Crippen LogP contribution in [0.2, 0.25) is 0 Å². The van der Waals surface area contributed by atoms with Gasteiger partial charge in [0, 0.05) is 0 Å². The van der Waals surface area contributed by atoms with Gasteiger partial charge >= 0.3 is 0 Å². The molecule has 1 aliphatic heterocycles. The van der Waals surface area contributed by atoms with Gasteiger partial charge in [-0.05, 0) is 78.1 Å². The fraction of sp³-hybridized carbons (Fsp3) is 0.800. The van der Waals surface area contributed by atoms with E-state index in [1.165, 1.54) is 11.1 Å². The van der Waals surface area contributed by atoms with Crippen LogP contribution in [0.15, 0.2) is 23.3 Å². The molecule has 0 saturated carbocycles. The van der Waals surface area contributed by atoms with Crippen molar-refractivity contribution in [1.29, 1.82) is 0 Å². The average Bonchev–Trinajstić information content (AvgIpc) is 3.10. The Morgan fingerprint density at radius 1 is 1.50 bits per heavy atom. The Morgan fingerprint density at radius 2 is 2.23 bits per heavy atom. The Morgan fingerprint density at radius 3 is 2.91 bits per heavy atom. The molecular formula is C20H34O2. The van der Waals surface area contributed by atoms with E-state index in [-0.39, 0.29) is 17.8 Å². The van der Waals surface area contributed by atoms with Crippen molar-refractivity contribution >= 4 is 0 Å². The van der Waals surface area contributed by atoms with Gasteiger partial charge in [-0.15, -0.1) is 0 Å². The highest BCUT2D eigenvalue weighted by atomic mass is 16.6. The Bertz CT molecular complexity index is 433. The van der Waals surface area contributed by atoms with E-state index in [1.54, 1.807) is 0 Å². The molecule has 1 saturated heterocycles. The van der Waals surface area contributed by atoms with Gasteiger partial charge in [-0.2, -0.15) is 0 Å². The van der Waals surface area contributed by atoms with Crippen LogP contribution in [0.4, 0.5) is 0 Å². The van der Waals surface area contributed by atoms with Crippen LogP contribution in [0, 0.1) is 11.8 Å². The number of epoxide rings is 1. The van der Waals surface area contributed by atoms with Crippen molar-refractivity contribution in [3.8, 4) is 0 Å². The lowest BCUT2D eigenvalue weighted by Crippen LogP contribution is -2.34. The van der Waals surface area contributed by atoms with Gasteiger partial charge in [-0.3, -0.25) is 0 Å². The maximum Gasteiger partial charge on any atom is 0.113 e. The second-order valence-corrected chi connectivity index (χ2v) is 7.97. The van der Waals surface area contributed by atoms with E-state index in [0.29, 0.717) is 11.8 Å². The van der Waals surface area contributed by atoms with Gasteiger partial charge in [-0.1, -0.05) is 30.2 Å². The summed E-state index contributed by atoms with van der Waals surface area (Å²) in [5.74, 6) is 0.880. The molecule has 126 valence electrons. The van der Waals surface area contributed by atoms with Gasteiger partial charge in [0.1, 0.15) is 6.10 Å². The number of ether oxygens (including phenoxy) is 1. The number of aliphatic hydroxyl groups is 1. The van der Waals surface area contributed by atoms with E-state index in [9.17, 15) is 5.11 Å². The predicted molar refractivity (Wildman–Crippen MR) is 92.8 cm³/mol. The molecule has 0 unspecified atom stereocenters. The average molecular weight is 306 g/mol. The maximum atomic E-state index is 10.9. The summed E-state index contributed by atoms with van der Waals surface area (Å²) >= 11 is 0. The van der Waals surface area contributed by atoms with E-state index in [1.807, 2.05) is 0 Å². The molecule has 0 aromatic rings. The van der Waals surface area contributed by atoms with E-state index in [4.69, 9.17) is 4.74 Å².